The topological polar surface area (TPSA) is 55.2 Å². The Bertz CT molecular complexity index is 383. The molecule has 1 aliphatic carbocycles. The summed E-state index contributed by atoms with van der Waals surface area (Å²) in [5.74, 6) is 0. The fourth-order valence-electron chi connectivity index (χ4n) is 1.23. The second-order valence-electron chi connectivity index (χ2n) is 3.52. The third kappa shape index (κ3) is 3.14. The molecule has 0 aliphatic heterocycles. The molecule has 80 valence electrons. The zero-order valence-electron chi connectivity index (χ0n) is 8.18. The van der Waals surface area contributed by atoms with E-state index in [2.05, 4.69) is 5.32 Å². The van der Waals surface area contributed by atoms with Crippen molar-refractivity contribution in [2.75, 3.05) is 6.54 Å². The standard InChI is InChI=1S/C10H12N2O2S/c13-12(14)10-6-5-9(15-10)2-1-7-11-8-3-4-8/h1-2,5-6,8,11H,3-4,7H2/b2-1+. The Balaban J connectivity index is 1.83. The largest absolute Gasteiger partial charge is 0.324 e. The van der Waals surface area contributed by atoms with Crippen molar-refractivity contribution in [3.8, 4) is 0 Å². The number of thiophene rings is 1. The molecular formula is C10H12N2O2S. The van der Waals surface area contributed by atoms with Crippen LogP contribution in [0.3, 0.4) is 0 Å². The molecule has 5 heteroatoms. The number of rotatable bonds is 5. The molecule has 0 unspecified atom stereocenters. The third-order valence-corrected chi connectivity index (χ3v) is 3.18. The zero-order chi connectivity index (χ0) is 10.7. The molecule has 1 fully saturated rings. The molecular weight excluding hydrogens is 212 g/mol. The van der Waals surface area contributed by atoms with Crippen molar-refractivity contribution in [2.24, 2.45) is 0 Å². The van der Waals surface area contributed by atoms with E-state index in [0.29, 0.717) is 6.04 Å². The molecule has 1 heterocycles. The highest BCUT2D eigenvalue weighted by Crippen LogP contribution is 2.24. The van der Waals surface area contributed by atoms with Crippen molar-refractivity contribution in [3.63, 3.8) is 0 Å². The molecule has 1 aliphatic rings. The first-order chi connectivity index (χ1) is 7.25. The van der Waals surface area contributed by atoms with Gasteiger partial charge in [-0.2, -0.15) is 0 Å². The maximum absolute atomic E-state index is 10.4. The molecule has 0 radical (unpaired) electrons. The van der Waals surface area contributed by atoms with E-state index in [9.17, 15) is 10.1 Å². The highest BCUT2D eigenvalue weighted by Gasteiger charge is 2.18. The van der Waals surface area contributed by atoms with Crippen molar-refractivity contribution in [2.45, 2.75) is 18.9 Å². The van der Waals surface area contributed by atoms with E-state index in [4.69, 9.17) is 0 Å². The Labute approximate surface area is 91.8 Å². The molecule has 0 saturated heterocycles. The lowest BCUT2D eigenvalue weighted by Gasteiger charge is -1.93. The van der Waals surface area contributed by atoms with Gasteiger partial charge in [-0.3, -0.25) is 10.1 Å². The van der Waals surface area contributed by atoms with Gasteiger partial charge >= 0.3 is 5.00 Å². The predicted molar refractivity (Wildman–Crippen MR) is 61.0 cm³/mol. The van der Waals surface area contributed by atoms with Crippen LogP contribution in [0, 0.1) is 10.1 Å². The van der Waals surface area contributed by atoms with E-state index in [-0.39, 0.29) is 9.92 Å². The fourth-order valence-corrected chi connectivity index (χ4v) is 1.98. The lowest BCUT2D eigenvalue weighted by molar-refractivity contribution is -0.380. The number of nitro groups is 1. The van der Waals surface area contributed by atoms with Gasteiger partial charge in [0.15, 0.2) is 0 Å². The van der Waals surface area contributed by atoms with E-state index in [1.165, 1.54) is 24.2 Å². The van der Waals surface area contributed by atoms with Crippen LogP contribution in [0.5, 0.6) is 0 Å². The van der Waals surface area contributed by atoms with Gasteiger partial charge in [0.25, 0.3) is 0 Å². The highest BCUT2D eigenvalue weighted by molar-refractivity contribution is 7.16. The monoisotopic (exact) mass is 224 g/mol. The molecule has 1 N–H and O–H groups in total. The van der Waals surface area contributed by atoms with Crippen LogP contribution in [0.25, 0.3) is 6.08 Å². The van der Waals surface area contributed by atoms with Crippen molar-refractivity contribution in [1.82, 2.24) is 5.32 Å². The summed E-state index contributed by atoms with van der Waals surface area (Å²) in [4.78, 5) is 11.0. The summed E-state index contributed by atoms with van der Waals surface area (Å²) in [5, 5.41) is 14.0. The maximum atomic E-state index is 10.4. The Morgan fingerprint density at radius 2 is 2.40 bits per heavy atom. The first-order valence-corrected chi connectivity index (χ1v) is 5.71. The van der Waals surface area contributed by atoms with Crippen LogP contribution >= 0.6 is 11.3 Å². The zero-order valence-corrected chi connectivity index (χ0v) is 9.00. The van der Waals surface area contributed by atoms with Gasteiger partial charge in [0.1, 0.15) is 0 Å². The van der Waals surface area contributed by atoms with E-state index >= 15 is 0 Å². The predicted octanol–water partition coefficient (Wildman–Crippen LogP) is 2.42. The average Bonchev–Trinajstić information content (AvgIpc) is 2.90. The summed E-state index contributed by atoms with van der Waals surface area (Å²) < 4.78 is 0. The minimum absolute atomic E-state index is 0.199. The number of hydrogen-bond donors (Lipinski definition) is 1. The van der Waals surface area contributed by atoms with Crippen molar-refractivity contribution < 1.29 is 4.92 Å². The van der Waals surface area contributed by atoms with Gasteiger partial charge in [-0.1, -0.05) is 17.4 Å². The van der Waals surface area contributed by atoms with Crippen molar-refractivity contribution in [1.29, 1.82) is 0 Å². The van der Waals surface area contributed by atoms with Gasteiger partial charge in [-0.25, -0.2) is 0 Å². The molecule has 1 aromatic heterocycles. The fraction of sp³-hybridized carbons (Fsp3) is 0.400. The summed E-state index contributed by atoms with van der Waals surface area (Å²) in [7, 11) is 0. The van der Waals surface area contributed by atoms with Gasteiger partial charge in [-0.05, 0) is 25.0 Å². The first-order valence-electron chi connectivity index (χ1n) is 4.90. The molecule has 4 nitrogen and oxygen atoms in total. The Morgan fingerprint density at radius 3 is 3.00 bits per heavy atom. The van der Waals surface area contributed by atoms with Crippen LogP contribution in [0.2, 0.25) is 0 Å². The SMILES string of the molecule is O=[N+]([O-])c1ccc(/C=C/CNC2CC2)s1. The van der Waals surface area contributed by atoms with Crippen LogP contribution in [-0.2, 0) is 0 Å². The normalized spacial score (nSPS) is 16.0. The first kappa shape index (κ1) is 10.3. The lowest BCUT2D eigenvalue weighted by atomic mass is 10.4. The quantitative estimate of drug-likeness (QED) is 0.617. The van der Waals surface area contributed by atoms with Crippen LogP contribution in [0.4, 0.5) is 5.00 Å². The summed E-state index contributed by atoms with van der Waals surface area (Å²) in [6, 6.07) is 4.02. The minimum Gasteiger partial charge on any atom is -0.311 e. The van der Waals surface area contributed by atoms with Crippen LogP contribution < -0.4 is 5.32 Å². The van der Waals surface area contributed by atoms with Crippen molar-refractivity contribution >= 4 is 22.4 Å². The average molecular weight is 224 g/mol. The Hall–Kier alpha value is -1.20. The summed E-state index contributed by atoms with van der Waals surface area (Å²) in [6.07, 6.45) is 6.48. The molecule has 0 atom stereocenters. The van der Waals surface area contributed by atoms with E-state index in [1.54, 1.807) is 12.1 Å². The molecule has 0 aromatic carbocycles. The summed E-state index contributed by atoms with van der Waals surface area (Å²) in [5.41, 5.74) is 0. The minimum atomic E-state index is -0.357. The molecule has 0 bridgehead atoms. The Kier molecular flexibility index (Phi) is 3.13. The molecule has 1 aromatic rings. The second kappa shape index (κ2) is 4.55. The Morgan fingerprint density at radius 1 is 1.60 bits per heavy atom. The van der Waals surface area contributed by atoms with Gasteiger partial charge < -0.3 is 5.32 Å². The highest BCUT2D eigenvalue weighted by atomic mass is 32.1. The van der Waals surface area contributed by atoms with E-state index in [0.717, 1.165) is 11.4 Å². The van der Waals surface area contributed by atoms with Crippen LogP contribution in [-0.4, -0.2) is 17.5 Å². The smallest absolute Gasteiger partial charge is 0.311 e. The molecule has 2 rings (SSSR count). The van der Waals surface area contributed by atoms with Crippen LogP contribution in [0.15, 0.2) is 18.2 Å². The van der Waals surface area contributed by atoms with Gasteiger partial charge in [0, 0.05) is 23.5 Å². The summed E-state index contributed by atoms with van der Waals surface area (Å²) in [6.45, 7) is 0.844. The maximum Gasteiger partial charge on any atom is 0.324 e. The van der Waals surface area contributed by atoms with Crippen LogP contribution in [0.1, 0.15) is 17.7 Å². The number of nitrogens with zero attached hydrogens (tertiary/aromatic N) is 1. The van der Waals surface area contributed by atoms with Gasteiger partial charge in [0.05, 0.1) is 4.92 Å². The number of hydrogen-bond acceptors (Lipinski definition) is 4. The lowest BCUT2D eigenvalue weighted by Crippen LogP contribution is -2.15. The van der Waals surface area contributed by atoms with Crippen molar-refractivity contribution in [3.05, 3.63) is 33.2 Å². The molecule has 15 heavy (non-hydrogen) atoms. The third-order valence-electron chi connectivity index (χ3n) is 2.18. The molecule has 0 spiro atoms. The molecule has 0 amide bonds. The molecule has 1 saturated carbocycles. The summed E-state index contributed by atoms with van der Waals surface area (Å²) >= 11 is 1.20. The second-order valence-corrected chi connectivity index (χ2v) is 4.61. The van der Waals surface area contributed by atoms with Gasteiger partial charge in [-0.15, -0.1) is 0 Å². The van der Waals surface area contributed by atoms with E-state index < -0.39 is 0 Å². The van der Waals surface area contributed by atoms with Gasteiger partial charge in [0.2, 0.25) is 0 Å². The number of nitrogens with one attached hydrogen (secondary N) is 1. The van der Waals surface area contributed by atoms with E-state index in [1.807, 2.05) is 12.2 Å².